The van der Waals surface area contributed by atoms with Crippen LogP contribution in [0.4, 0.5) is 5.69 Å². The van der Waals surface area contributed by atoms with Gasteiger partial charge in [-0.2, -0.15) is 0 Å². The number of piperidine rings is 1. The fraction of sp³-hybridized carbons (Fsp3) is 0.421. The predicted molar refractivity (Wildman–Crippen MR) is 93.4 cm³/mol. The van der Waals surface area contributed by atoms with Crippen molar-refractivity contribution in [2.24, 2.45) is 0 Å². The number of rotatable bonds is 6. The molecule has 0 atom stereocenters. The lowest BCUT2D eigenvalue weighted by Crippen LogP contribution is -2.38. The zero-order chi connectivity index (χ0) is 15.9. The number of nitrogens with one attached hydrogen (secondary N) is 1. The standard InChI is InChI=1S/C19H25N3O/c23-13-9-16-3-5-18(6-4-16)21-19-7-11-22(12-8-19)15-17-2-1-10-20-14-17/h1-6,10,14,19,21,23H,7-9,11-13,15H2. The number of aromatic nitrogens is 1. The van der Waals surface area contributed by atoms with Gasteiger partial charge in [-0.25, -0.2) is 0 Å². The Kier molecular flexibility index (Phi) is 5.61. The van der Waals surface area contributed by atoms with E-state index >= 15 is 0 Å². The molecule has 23 heavy (non-hydrogen) atoms. The molecular formula is C19H25N3O. The van der Waals surface area contributed by atoms with Gasteiger partial charge in [0.2, 0.25) is 0 Å². The topological polar surface area (TPSA) is 48.4 Å². The van der Waals surface area contributed by atoms with Crippen molar-refractivity contribution < 1.29 is 5.11 Å². The van der Waals surface area contributed by atoms with E-state index in [4.69, 9.17) is 5.11 Å². The summed E-state index contributed by atoms with van der Waals surface area (Å²) >= 11 is 0. The van der Waals surface area contributed by atoms with Crippen LogP contribution in [0.2, 0.25) is 0 Å². The van der Waals surface area contributed by atoms with Gasteiger partial charge in [-0.1, -0.05) is 18.2 Å². The van der Waals surface area contributed by atoms with E-state index in [0.717, 1.165) is 26.1 Å². The van der Waals surface area contributed by atoms with Crippen molar-refractivity contribution in [2.75, 3.05) is 25.0 Å². The smallest absolute Gasteiger partial charge is 0.0471 e. The normalized spacial score (nSPS) is 16.4. The van der Waals surface area contributed by atoms with Crippen LogP contribution < -0.4 is 5.32 Å². The van der Waals surface area contributed by atoms with Gasteiger partial charge in [-0.3, -0.25) is 9.88 Å². The molecule has 0 spiro atoms. The summed E-state index contributed by atoms with van der Waals surface area (Å²) in [5.41, 5.74) is 3.65. The third-order valence-corrected chi connectivity index (χ3v) is 4.44. The predicted octanol–water partition coefficient (Wildman–Crippen LogP) is 2.69. The summed E-state index contributed by atoms with van der Waals surface area (Å²) in [6, 6.07) is 13.1. The lowest BCUT2D eigenvalue weighted by molar-refractivity contribution is 0.211. The number of hydrogen-bond acceptors (Lipinski definition) is 4. The van der Waals surface area contributed by atoms with E-state index in [-0.39, 0.29) is 6.61 Å². The SMILES string of the molecule is OCCc1ccc(NC2CCN(Cc3cccnc3)CC2)cc1. The number of likely N-dealkylation sites (tertiary alicyclic amines) is 1. The maximum absolute atomic E-state index is 8.96. The highest BCUT2D eigenvalue weighted by molar-refractivity contribution is 5.45. The summed E-state index contributed by atoms with van der Waals surface area (Å²) in [4.78, 5) is 6.69. The number of pyridine rings is 1. The van der Waals surface area contributed by atoms with Crippen molar-refractivity contribution in [3.05, 3.63) is 59.9 Å². The Morgan fingerprint density at radius 1 is 1.09 bits per heavy atom. The third kappa shape index (κ3) is 4.78. The number of hydrogen-bond donors (Lipinski definition) is 2. The Hall–Kier alpha value is -1.91. The maximum Gasteiger partial charge on any atom is 0.0471 e. The minimum atomic E-state index is 0.210. The average molecular weight is 311 g/mol. The van der Waals surface area contributed by atoms with Gasteiger partial charge in [0.1, 0.15) is 0 Å². The molecule has 0 aliphatic carbocycles. The Labute approximate surface area is 138 Å². The van der Waals surface area contributed by atoms with Crippen molar-refractivity contribution >= 4 is 5.69 Å². The van der Waals surface area contributed by atoms with Crippen LogP contribution in [0.1, 0.15) is 24.0 Å². The quantitative estimate of drug-likeness (QED) is 0.861. The van der Waals surface area contributed by atoms with Crippen LogP contribution >= 0.6 is 0 Å². The van der Waals surface area contributed by atoms with Crippen molar-refractivity contribution in [1.29, 1.82) is 0 Å². The fourth-order valence-corrected chi connectivity index (χ4v) is 3.12. The first kappa shape index (κ1) is 16.0. The highest BCUT2D eigenvalue weighted by Gasteiger charge is 2.19. The van der Waals surface area contributed by atoms with E-state index in [1.165, 1.54) is 29.7 Å². The first-order valence-corrected chi connectivity index (χ1v) is 8.41. The molecule has 0 saturated carbocycles. The minimum absolute atomic E-state index is 0.210. The molecule has 4 nitrogen and oxygen atoms in total. The van der Waals surface area contributed by atoms with Crippen LogP contribution in [0, 0.1) is 0 Å². The Morgan fingerprint density at radius 3 is 2.52 bits per heavy atom. The molecule has 0 radical (unpaired) electrons. The van der Waals surface area contributed by atoms with Gasteiger partial charge < -0.3 is 10.4 Å². The molecule has 0 amide bonds. The van der Waals surface area contributed by atoms with Crippen molar-refractivity contribution in [2.45, 2.75) is 31.8 Å². The number of aliphatic hydroxyl groups is 1. The molecular weight excluding hydrogens is 286 g/mol. The molecule has 4 heteroatoms. The Morgan fingerprint density at radius 2 is 1.87 bits per heavy atom. The largest absolute Gasteiger partial charge is 0.396 e. The number of aliphatic hydroxyl groups excluding tert-OH is 1. The monoisotopic (exact) mass is 311 g/mol. The summed E-state index contributed by atoms with van der Waals surface area (Å²) in [5, 5.41) is 12.6. The summed E-state index contributed by atoms with van der Waals surface area (Å²) in [6.45, 7) is 3.45. The number of benzene rings is 1. The highest BCUT2D eigenvalue weighted by Crippen LogP contribution is 2.18. The van der Waals surface area contributed by atoms with Crippen LogP contribution in [0.25, 0.3) is 0 Å². The summed E-state index contributed by atoms with van der Waals surface area (Å²) < 4.78 is 0. The van der Waals surface area contributed by atoms with Gasteiger partial charge in [-0.15, -0.1) is 0 Å². The molecule has 0 bridgehead atoms. The second-order valence-electron chi connectivity index (χ2n) is 6.23. The highest BCUT2D eigenvalue weighted by atomic mass is 16.2. The van der Waals surface area contributed by atoms with Crippen LogP contribution in [0.5, 0.6) is 0 Å². The molecule has 2 N–H and O–H groups in total. The Balaban J connectivity index is 1.45. The molecule has 122 valence electrons. The second-order valence-corrected chi connectivity index (χ2v) is 6.23. The van der Waals surface area contributed by atoms with Crippen molar-refractivity contribution in [1.82, 2.24) is 9.88 Å². The lowest BCUT2D eigenvalue weighted by Gasteiger charge is -2.32. The van der Waals surface area contributed by atoms with Crippen LogP contribution in [-0.2, 0) is 13.0 Å². The molecule has 1 aliphatic heterocycles. The number of nitrogens with zero attached hydrogens (tertiary/aromatic N) is 2. The first-order valence-electron chi connectivity index (χ1n) is 8.41. The van der Waals surface area contributed by atoms with E-state index in [1.54, 1.807) is 0 Å². The maximum atomic E-state index is 8.96. The summed E-state index contributed by atoms with van der Waals surface area (Å²) in [6.07, 6.45) is 6.84. The molecule has 1 aliphatic rings. The molecule has 2 heterocycles. The molecule has 1 saturated heterocycles. The first-order chi connectivity index (χ1) is 11.3. The summed E-state index contributed by atoms with van der Waals surface area (Å²) in [7, 11) is 0. The van der Waals surface area contributed by atoms with Crippen LogP contribution in [0.3, 0.4) is 0 Å². The Bertz CT molecular complexity index is 577. The van der Waals surface area contributed by atoms with E-state index in [0.29, 0.717) is 6.04 Å². The zero-order valence-corrected chi connectivity index (χ0v) is 13.5. The van der Waals surface area contributed by atoms with Crippen molar-refractivity contribution in [3.63, 3.8) is 0 Å². The van der Waals surface area contributed by atoms with E-state index < -0.39 is 0 Å². The number of anilines is 1. The molecule has 1 fully saturated rings. The van der Waals surface area contributed by atoms with Gasteiger partial charge in [0.15, 0.2) is 0 Å². The van der Waals surface area contributed by atoms with E-state index in [9.17, 15) is 0 Å². The van der Waals surface area contributed by atoms with E-state index in [2.05, 4.69) is 45.5 Å². The van der Waals surface area contributed by atoms with E-state index in [1.807, 2.05) is 18.5 Å². The van der Waals surface area contributed by atoms with Gasteiger partial charge in [0.05, 0.1) is 0 Å². The second kappa shape index (κ2) is 8.09. The molecule has 1 aromatic heterocycles. The van der Waals surface area contributed by atoms with Crippen LogP contribution in [-0.4, -0.2) is 40.7 Å². The fourth-order valence-electron chi connectivity index (χ4n) is 3.12. The lowest BCUT2D eigenvalue weighted by atomic mass is 10.0. The molecule has 1 aromatic carbocycles. The summed E-state index contributed by atoms with van der Waals surface area (Å²) in [5.74, 6) is 0. The molecule has 3 rings (SSSR count). The van der Waals surface area contributed by atoms with Gasteiger partial charge in [-0.05, 0) is 48.6 Å². The van der Waals surface area contributed by atoms with Crippen molar-refractivity contribution in [3.8, 4) is 0 Å². The molecule has 2 aromatic rings. The van der Waals surface area contributed by atoms with Gasteiger partial charge >= 0.3 is 0 Å². The minimum Gasteiger partial charge on any atom is -0.396 e. The average Bonchev–Trinajstić information content (AvgIpc) is 2.60. The molecule has 0 unspecified atom stereocenters. The zero-order valence-electron chi connectivity index (χ0n) is 13.5. The van der Waals surface area contributed by atoms with Gasteiger partial charge in [0, 0.05) is 50.4 Å². The van der Waals surface area contributed by atoms with Gasteiger partial charge in [0.25, 0.3) is 0 Å². The van der Waals surface area contributed by atoms with Crippen LogP contribution in [0.15, 0.2) is 48.8 Å². The third-order valence-electron chi connectivity index (χ3n) is 4.44.